The third kappa shape index (κ3) is 4.52. The molecule has 0 heterocycles. The first-order valence-electron chi connectivity index (χ1n) is 6.70. The molecule has 0 fully saturated rings. The monoisotopic (exact) mass is 298 g/mol. The topological polar surface area (TPSA) is 66.5 Å². The summed E-state index contributed by atoms with van der Waals surface area (Å²) in [7, 11) is -3.52. The molecule has 0 bridgehead atoms. The first kappa shape index (κ1) is 16.5. The fourth-order valence-electron chi connectivity index (χ4n) is 1.92. The maximum absolute atomic E-state index is 12.1. The van der Waals surface area contributed by atoms with Crippen LogP contribution in [0.4, 0.5) is 5.69 Å². The summed E-state index contributed by atoms with van der Waals surface area (Å²) in [6.07, 6.45) is 2.96. The molecule has 112 valence electrons. The Labute approximate surface area is 121 Å². The highest BCUT2D eigenvalue weighted by atomic mass is 32.2. The number of carbonyl (C=O) groups is 1. The number of sulfonamides is 1. The van der Waals surface area contributed by atoms with Crippen LogP contribution >= 0.6 is 0 Å². The van der Waals surface area contributed by atoms with E-state index in [0.29, 0.717) is 12.2 Å². The van der Waals surface area contributed by atoms with Crippen molar-refractivity contribution in [3.63, 3.8) is 0 Å². The molecule has 1 N–H and O–H groups in total. The lowest BCUT2D eigenvalue weighted by Gasteiger charge is -2.28. The van der Waals surface area contributed by atoms with E-state index in [1.807, 2.05) is 6.92 Å². The van der Waals surface area contributed by atoms with Crippen LogP contribution in [0.2, 0.25) is 0 Å². The molecule has 0 saturated heterocycles. The molecule has 0 aromatic heterocycles. The minimum Gasteiger partial charge on any atom is -0.354 e. The van der Waals surface area contributed by atoms with E-state index >= 15 is 0 Å². The highest BCUT2D eigenvalue weighted by Gasteiger charge is 2.28. The standard InChI is InChI=1S/C14H22N2O3S/c1-4-5-11-15-14(17)12(2)16(20(3,18)19)13-9-7-6-8-10-13/h6-10,12H,4-5,11H2,1-3H3,(H,15,17)/t12-/m0/s1. The molecule has 6 heteroatoms. The van der Waals surface area contributed by atoms with Crippen LogP contribution in [0.15, 0.2) is 30.3 Å². The Kier molecular flexibility index (Phi) is 6.01. The quantitative estimate of drug-likeness (QED) is 0.780. The van der Waals surface area contributed by atoms with Gasteiger partial charge in [-0.1, -0.05) is 31.5 Å². The first-order chi connectivity index (χ1) is 9.38. The van der Waals surface area contributed by atoms with Gasteiger partial charge < -0.3 is 5.32 Å². The van der Waals surface area contributed by atoms with Gasteiger partial charge in [-0.3, -0.25) is 9.10 Å². The third-order valence-electron chi connectivity index (χ3n) is 2.93. The number of nitrogens with one attached hydrogen (secondary N) is 1. The third-order valence-corrected chi connectivity index (χ3v) is 4.17. The first-order valence-corrected chi connectivity index (χ1v) is 8.55. The van der Waals surface area contributed by atoms with Crippen molar-refractivity contribution in [1.29, 1.82) is 0 Å². The molecule has 0 aliphatic rings. The highest BCUT2D eigenvalue weighted by Crippen LogP contribution is 2.20. The zero-order valence-corrected chi connectivity index (χ0v) is 13.0. The number of anilines is 1. The molecule has 1 atom stereocenters. The highest BCUT2D eigenvalue weighted by molar-refractivity contribution is 7.92. The van der Waals surface area contributed by atoms with Crippen molar-refractivity contribution in [1.82, 2.24) is 5.32 Å². The van der Waals surface area contributed by atoms with Crippen molar-refractivity contribution in [3.05, 3.63) is 30.3 Å². The second-order valence-corrected chi connectivity index (χ2v) is 6.57. The molecule has 1 aromatic rings. The van der Waals surface area contributed by atoms with E-state index in [1.165, 1.54) is 0 Å². The summed E-state index contributed by atoms with van der Waals surface area (Å²) in [4.78, 5) is 12.1. The maximum atomic E-state index is 12.1. The normalized spacial score (nSPS) is 12.8. The van der Waals surface area contributed by atoms with Crippen molar-refractivity contribution in [2.75, 3.05) is 17.1 Å². The molecule has 1 aromatic carbocycles. The molecule has 0 radical (unpaired) electrons. The number of benzene rings is 1. The second kappa shape index (κ2) is 7.28. The van der Waals surface area contributed by atoms with Crippen LogP contribution in [0, 0.1) is 0 Å². The lowest BCUT2D eigenvalue weighted by atomic mass is 10.2. The van der Waals surface area contributed by atoms with E-state index in [4.69, 9.17) is 0 Å². The summed E-state index contributed by atoms with van der Waals surface area (Å²) in [6.45, 7) is 4.18. The fourth-order valence-corrected chi connectivity index (χ4v) is 3.09. The summed E-state index contributed by atoms with van der Waals surface area (Å²) in [5, 5.41) is 2.76. The van der Waals surface area contributed by atoms with Gasteiger partial charge in [0.05, 0.1) is 11.9 Å². The van der Waals surface area contributed by atoms with Crippen LogP contribution in [0.3, 0.4) is 0 Å². The van der Waals surface area contributed by atoms with Gasteiger partial charge in [-0.25, -0.2) is 8.42 Å². The van der Waals surface area contributed by atoms with Crippen LogP contribution in [0.5, 0.6) is 0 Å². The Morgan fingerprint density at radius 3 is 2.40 bits per heavy atom. The molecule has 0 aliphatic carbocycles. The molecule has 0 saturated carbocycles. The average Bonchev–Trinajstić information content (AvgIpc) is 2.38. The summed E-state index contributed by atoms with van der Waals surface area (Å²) in [5.74, 6) is -0.285. The van der Waals surface area contributed by atoms with E-state index in [2.05, 4.69) is 5.32 Å². The number of amides is 1. The van der Waals surface area contributed by atoms with E-state index < -0.39 is 16.1 Å². The summed E-state index contributed by atoms with van der Waals surface area (Å²) in [6, 6.07) is 7.87. The number of nitrogens with zero attached hydrogens (tertiary/aromatic N) is 1. The van der Waals surface area contributed by atoms with E-state index in [-0.39, 0.29) is 5.91 Å². The van der Waals surface area contributed by atoms with Gasteiger partial charge in [0.2, 0.25) is 15.9 Å². The van der Waals surface area contributed by atoms with Crippen molar-refractivity contribution in [3.8, 4) is 0 Å². The van der Waals surface area contributed by atoms with Gasteiger partial charge in [-0.05, 0) is 25.5 Å². The largest absolute Gasteiger partial charge is 0.354 e. The van der Waals surface area contributed by atoms with Gasteiger partial charge in [0.25, 0.3) is 0 Å². The Balaban J connectivity index is 2.93. The van der Waals surface area contributed by atoms with Crippen molar-refractivity contribution in [2.24, 2.45) is 0 Å². The summed E-state index contributed by atoms with van der Waals surface area (Å²) >= 11 is 0. The van der Waals surface area contributed by atoms with Crippen LogP contribution in [-0.4, -0.2) is 33.2 Å². The second-order valence-electron chi connectivity index (χ2n) is 4.71. The number of rotatable bonds is 7. The number of hydrogen-bond acceptors (Lipinski definition) is 3. The number of hydrogen-bond donors (Lipinski definition) is 1. The van der Waals surface area contributed by atoms with Crippen LogP contribution in [-0.2, 0) is 14.8 Å². The van der Waals surface area contributed by atoms with Crippen molar-refractivity contribution >= 4 is 21.6 Å². The van der Waals surface area contributed by atoms with Gasteiger partial charge in [0, 0.05) is 6.54 Å². The number of unbranched alkanes of at least 4 members (excludes halogenated alkanes) is 1. The van der Waals surface area contributed by atoms with Crippen molar-refractivity contribution in [2.45, 2.75) is 32.7 Å². The van der Waals surface area contributed by atoms with Gasteiger partial charge in [-0.15, -0.1) is 0 Å². The molecule has 20 heavy (non-hydrogen) atoms. The van der Waals surface area contributed by atoms with Gasteiger partial charge in [0.15, 0.2) is 0 Å². The zero-order valence-electron chi connectivity index (χ0n) is 12.2. The van der Waals surface area contributed by atoms with Gasteiger partial charge in [0.1, 0.15) is 6.04 Å². The Morgan fingerprint density at radius 2 is 1.90 bits per heavy atom. The fraction of sp³-hybridized carbons (Fsp3) is 0.500. The minimum atomic E-state index is -3.52. The predicted octanol–water partition coefficient (Wildman–Crippen LogP) is 1.76. The maximum Gasteiger partial charge on any atom is 0.243 e. The SMILES string of the molecule is CCCCNC(=O)[C@H](C)N(c1ccccc1)S(C)(=O)=O. The Morgan fingerprint density at radius 1 is 1.30 bits per heavy atom. The molecule has 0 spiro atoms. The Bertz CT molecular complexity index is 529. The molecule has 5 nitrogen and oxygen atoms in total. The summed E-state index contributed by atoms with van der Waals surface area (Å²) < 4.78 is 25.1. The van der Waals surface area contributed by atoms with Crippen LogP contribution < -0.4 is 9.62 Å². The van der Waals surface area contributed by atoms with E-state index in [0.717, 1.165) is 23.4 Å². The van der Waals surface area contributed by atoms with Crippen molar-refractivity contribution < 1.29 is 13.2 Å². The summed E-state index contributed by atoms with van der Waals surface area (Å²) in [5.41, 5.74) is 0.494. The zero-order chi connectivity index (χ0) is 15.2. The smallest absolute Gasteiger partial charge is 0.243 e. The molecule has 1 amide bonds. The lowest BCUT2D eigenvalue weighted by Crippen LogP contribution is -2.48. The molecular formula is C14H22N2O3S. The van der Waals surface area contributed by atoms with E-state index in [1.54, 1.807) is 37.3 Å². The number of para-hydroxylation sites is 1. The van der Waals surface area contributed by atoms with Crippen LogP contribution in [0.25, 0.3) is 0 Å². The van der Waals surface area contributed by atoms with E-state index in [9.17, 15) is 13.2 Å². The molecular weight excluding hydrogens is 276 g/mol. The molecule has 0 aliphatic heterocycles. The Hall–Kier alpha value is -1.56. The predicted molar refractivity (Wildman–Crippen MR) is 81.1 cm³/mol. The van der Waals surface area contributed by atoms with Gasteiger partial charge in [-0.2, -0.15) is 0 Å². The average molecular weight is 298 g/mol. The van der Waals surface area contributed by atoms with Crippen LogP contribution in [0.1, 0.15) is 26.7 Å². The number of carbonyl (C=O) groups excluding carboxylic acids is 1. The minimum absolute atomic E-state index is 0.285. The molecule has 1 rings (SSSR count). The van der Waals surface area contributed by atoms with Gasteiger partial charge >= 0.3 is 0 Å². The lowest BCUT2D eigenvalue weighted by molar-refractivity contribution is -0.121. The molecule has 0 unspecified atom stereocenters.